The molecular weight excluding hydrogens is 260 g/mol. The van der Waals surface area contributed by atoms with Crippen LogP contribution in [0.2, 0.25) is 0 Å². The molecule has 2 atom stereocenters. The third kappa shape index (κ3) is 5.16. The Morgan fingerprint density at radius 3 is 2.57 bits per heavy atom. The summed E-state index contributed by atoms with van der Waals surface area (Å²) in [6.45, 7) is 2.12. The second kappa shape index (κ2) is 8.18. The third-order valence-corrected chi connectivity index (χ3v) is 4.65. The minimum atomic E-state index is -0.406. The first-order valence-electron chi connectivity index (χ1n) is 8.26. The number of amides is 1. The lowest BCUT2D eigenvalue weighted by Gasteiger charge is -2.29. The number of hydrogen-bond donors (Lipinski definition) is 2. The number of benzene rings is 1. The minimum absolute atomic E-state index is 0.00371. The molecule has 116 valence electrons. The fourth-order valence-corrected chi connectivity index (χ4v) is 3.18. The van der Waals surface area contributed by atoms with Gasteiger partial charge in [0.2, 0.25) is 5.91 Å². The zero-order valence-corrected chi connectivity index (χ0v) is 13.1. The van der Waals surface area contributed by atoms with E-state index in [-0.39, 0.29) is 11.9 Å². The molecule has 21 heavy (non-hydrogen) atoms. The van der Waals surface area contributed by atoms with Crippen molar-refractivity contribution < 1.29 is 4.79 Å². The van der Waals surface area contributed by atoms with Gasteiger partial charge in [-0.15, -0.1) is 0 Å². The molecule has 0 aliphatic heterocycles. The minimum Gasteiger partial charge on any atom is -0.352 e. The molecule has 0 radical (unpaired) electrons. The Labute approximate surface area is 128 Å². The van der Waals surface area contributed by atoms with Crippen molar-refractivity contribution in [3.63, 3.8) is 0 Å². The molecule has 0 bridgehead atoms. The van der Waals surface area contributed by atoms with Crippen molar-refractivity contribution in [1.29, 1.82) is 0 Å². The maximum Gasteiger partial charge on any atom is 0.237 e. The molecule has 1 aliphatic rings. The van der Waals surface area contributed by atoms with E-state index in [1.807, 2.05) is 18.2 Å². The summed E-state index contributed by atoms with van der Waals surface area (Å²) in [7, 11) is 0. The number of rotatable bonds is 6. The summed E-state index contributed by atoms with van der Waals surface area (Å²) in [6.07, 6.45) is 7.96. The van der Waals surface area contributed by atoms with Crippen LogP contribution in [-0.2, 0) is 11.2 Å². The highest BCUT2D eigenvalue weighted by Crippen LogP contribution is 2.26. The zero-order valence-electron chi connectivity index (χ0n) is 13.1. The molecule has 0 saturated heterocycles. The largest absolute Gasteiger partial charge is 0.352 e. The van der Waals surface area contributed by atoms with Crippen LogP contribution >= 0.6 is 0 Å². The Bertz CT molecular complexity index is 426. The van der Waals surface area contributed by atoms with E-state index < -0.39 is 6.04 Å². The molecule has 1 aliphatic carbocycles. The van der Waals surface area contributed by atoms with Gasteiger partial charge in [-0.3, -0.25) is 4.79 Å². The normalized spacial score (nSPS) is 19.0. The van der Waals surface area contributed by atoms with Crippen molar-refractivity contribution in [1.82, 2.24) is 5.32 Å². The van der Waals surface area contributed by atoms with Gasteiger partial charge in [0.25, 0.3) is 0 Å². The first-order valence-corrected chi connectivity index (χ1v) is 8.26. The Balaban J connectivity index is 1.74. The van der Waals surface area contributed by atoms with Crippen LogP contribution in [0.3, 0.4) is 0 Å². The smallest absolute Gasteiger partial charge is 0.237 e. The average Bonchev–Trinajstić information content (AvgIpc) is 2.54. The number of hydrogen-bond acceptors (Lipinski definition) is 2. The van der Waals surface area contributed by atoms with Gasteiger partial charge in [0, 0.05) is 6.04 Å². The zero-order chi connectivity index (χ0) is 15.1. The van der Waals surface area contributed by atoms with Crippen LogP contribution in [0.4, 0.5) is 0 Å². The van der Waals surface area contributed by atoms with E-state index in [1.54, 1.807) is 0 Å². The molecule has 1 unspecified atom stereocenters. The summed E-state index contributed by atoms with van der Waals surface area (Å²) in [6, 6.07) is 10.0. The van der Waals surface area contributed by atoms with E-state index >= 15 is 0 Å². The van der Waals surface area contributed by atoms with Gasteiger partial charge in [-0.25, -0.2) is 0 Å². The van der Waals surface area contributed by atoms with E-state index in [0.29, 0.717) is 12.3 Å². The number of nitrogens with two attached hydrogens (primary N) is 1. The fraction of sp³-hybridized carbons (Fsp3) is 0.611. The summed E-state index contributed by atoms with van der Waals surface area (Å²) in [4.78, 5) is 12.2. The molecule has 3 N–H and O–H groups in total. The lowest BCUT2D eigenvalue weighted by Crippen LogP contribution is -2.47. The van der Waals surface area contributed by atoms with Gasteiger partial charge in [0.05, 0.1) is 6.04 Å². The maximum absolute atomic E-state index is 12.2. The predicted octanol–water partition coefficient (Wildman–Crippen LogP) is 3.03. The Hall–Kier alpha value is -1.35. The summed E-state index contributed by atoms with van der Waals surface area (Å²) >= 11 is 0. The van der Waals surface area contributed by atoms with Crippen LogP contribution in [0.25, 0.3) is 0 Å². The van der Waals surface area contributed by atoms with Gasteiger partial charge >= 0.3 is 0 Å². The molecule has 1 fully saturated rings. The van der Waals surface area contributed by atoms with Gasteiger partial charge in [0.15, 0.2) is 0 Å². The Morgan fingerprint density at radius 1 is 1.24 bits per heavy atom. The summed E-state index contributed by atoms with van der Waals surface area (Å²) in [5.41, 5.74) is 7.27. The lowest BCUT2D eigenvalue weighted by atomic mass is 9.84. The van der Waals surface area contributed by atoms with E-state index in [0.717, 1.165) is 6.42 Å². The van der Waals surface area contributed by atoms with Crippen molar-refractivity contribution in [3.05, 3.63) is 35.9 Å². The van der Waals surface area contributed by atoms with Crippen LogP contribution in [0.1, 0.15) is 51.0 Å². The first kappa shape index (κ1) is 16.0. The monoisotopic (exact) mass is 288 g/mol. The van der Waals surface area contributed by atoms with Crippen molar-refractivity contribution in [2.24, 2.45) is 11.7 Å². The number of carbonyl (C=O) groups is 1. The quantitative estimate of drug-likeness (QED) is 0.845. The molecule has 0 aromatic heterocycles. The van der Waals surface area contributed by atoms with Gasteiger partial charge in [0.1, 0.15) is 0 Å². The summed E-state index contributed by atoms with van der Waals surface area (Å²) in [5.74, 6) is 0.632. The molecule has 0 spiro atoms. The highest BCUT2D eigenvalue weighted by atomic mass is 16.2. The van der Waals surface area contributed by atoms with Crippen LogP contribution in [0.5, 0.6) is 0 Å². The Morgan fingerprint density at radius 2 is 1.90 bits per heavy atom. The van der Waals surface area contributed by atoms with Gasteiger partial charge in [-0.1, -0.05) is 49.6 Å². The van der Waals surface area contributed by atoms with Gasteiger partial charge in [-0.05, 0) is 44.1 Å². The number of carbonyl (C=O) groups excluding carboxylic acids is 1. The third-order valence-electron chi connectivity index (χ3n) is 4.65. The molecule has 3 nitrogen and oxygen atoms in total. The van der Waals surface area contributed by atoms with Crippen LogP contribution in [0, 0.1) is 5.92 Å². The molecule has 1 saturated carbocycles. The molecular formula is C18H28N2O. The van der Waals surface area contributed by atoms with Crippen molar-refractivity contribution in [2.45, 2.75) is 64.0 Å². The summed E-state index contributed by atoms with van der Waals surface area (Å²) < 4.78 is 0. The van der Waals surface area contributed by atoms with Gasteiger partial charge < -0.3 is 11.1 Å². The second-order valence-electron chi connectivity index (χ2n) is 6.33. The molecule has 1 aromatic carbocycles. The molecule has 1 aromatic rings. The van der Waals surface area contributed by atoms with Gasteiger partial charge in [-0.2, -0.15) is 0 Å². The topological polar surface area (TPSA) is 55.1 Å². The van der Waals surface area contributed by atoms with Crippen molar-refractivity contribution in [2.75, 3.05) is 0 Å². The predicted molar refractivity (Wildman–Crippen MR) is 86.9 cm³/mol. The standard InChI is InChI=1S/C18H28N2O/c1-14(16-10-6-3-7-11-16)20-18(21)17(19)13-12-15-8-4-2-5-9-15/h2,4-5,8-9,14,16-17H,3,6-7,10-13,19H2,1H3,(H,20,21)/t14-,17?/m1/s1. The van der Waals surface area contributed by atoms with Crippen LogP contribution in [-0.4, -0.2) is 18.0 Å². The van der Waals surface area contributed by atoms with Crippen molar-refractivity contribution >= 4 is 5.91 Å². The molecule has 1 amide bonds. The van der Waals surface area contributed by atoms with E-state index in [9.17, 15) is 4.79 Å². The van der Waals surface area contributed by atoms with E-state index in [2.05, 4.69) is 24.4 Å². The maximum atomic E-state index is 12.2. The first-order chi connectivity index (χ1) is 10.2. The number of nitrogens with one attached hydrogen (secondary N) is 1. The number of aryl methyl sites for hydroxylation is 1. The molecule has 2 rings (SSSR count). The highest BCUT2D eigenvalue weighted by molar-refractivity contribution is 5.81. The average molecular weight is 288 g/mol. The van der Waals surface area contributed by atoms with E-state index in [1.165, 1.54) is 37.7 Å². The Kier molecular flexibility index (Phi) is 6.24. The van der Waals surface area contributed by atoms with Crippen molar-refractivity contribution in [3.8, 4) is 0 Å². The summed E-state index contributed by atoms with van der Waals surface area (Å²) in [5, 5.41) is 3.12. The molecule has 3 heteroatoms. The molecule has 0 heterocycles. The lowest BCUT2D eigenvalue weighted by molar-refractivity contribution is -0.123. The van der Waals surface area contributed by atoms with Crippen LogP contribution in [0.15, 0.2) is 30.3 Å². The fourth-order valence-electron chi connectivity index (χ4n) is 3.18. The second-order valence-corrected chi connectivity index (χ2v) is 6.33. The van der Waals surface area contributed by atoms with E-state index in [4.69, 9.17) is 5.73 Å². The van der Waals surface area contributed by atoms with Crippen LogP contribution < -0.4 is 11.1 Å². The SMILES string of the molecule is C[C@@H](NC(=O)C(N)CCc1ccccc1)C1CCCCC1. The highest BCUT2D eigenvalue weighted by Gasteiger charge is 2.23.